The number of aliphatic hydroxyl groups is 1. The van der Waals surface area contributed by atoms with Crippen LogP contribution in [0.1, 0.15) is 6.42 Å². The maximum atomic E-state index is 10.8. The van der Waals surface area contributed by atoms with Crippen LogP contribution >= 0.6 is 0 Å². The molecule has 2 rings (SSSR count). The van der Waals surface area contributed by atoms with Crippen LogP contribution in [0.3, 0.4) is 0 Å². The first kappa shape index (κ1) is 5.23. The third kappa shape index (κ3) is 0.435. The maximum Gasteiger partial charge on any atom is 0.314 e. The van der Waals surface area contributed by atoms with Gasteiger partial charge in [-0.3, -0.25) is 4.79 Å². The molecule has 9 heavy (non-hydrogen) atoms. The summed E-state index contributed by atoms with van der Waals surface area (Å²) < 4.78 is 4.71. The predicted molar refractivity (Wildman–Crippen MR) is 28.6 cm³/mol. The second kappa shape index (κ2) is 1.29. The van der Waals surface area contributed by atoms with E-state index in [2.05, 4.69) is 0 Å². The number of cyclic esters (lactones) is 1. The van der Waals surface area contributed by atoms with E-state index in [4.69, 9.17) is 9.84 Å². The third-order valence-corrected chi connectivity index (χ3v) is 2.34. The van der Waals surface area contributed by atoms with E-state index in [1.54, 1.807) is 0 Å². The molecular weight excluding hydrogens is 120 g/mol. The van der Waals surface area contributed by atoms with E-state index in [1.807, 2.05) is 0 Å². The van der Waals surface area contributed by atoms with Crippen molar-refractivity contribution >= 4 is 5.97 Å². The van der Waals surface area contributed by atoms with Gasteiger partial charge in [0.1, 0.15) is 0 Å². The fraction of sp³-hybridized carbons (Fsp3) is 0.833. The lowest BCUT2D eigenvalue weighted by atomic mass is 10.1. The number of rotatable bonds is 1. The fourth-order valence-electron chi connectivity index (χ4n) is 1.43. The van der Waals surface area contributed by atoms with E-state index in [0.717, 1.165) is 6.42 Å². The molecule has 0 amide bonds. The number of hydrogen-bond donors (Lipinski definition) is 1. The summed E-state index contributed by atoms with van der Waals surface area (Å²) in [6.07, 6.45) is 0.836. The molecule has 1 heterocycles. The van der Waals surface area contributed by atoms with Gasteiger partial charge in [-0.05, 0) is 6.42 Å². The summed E-state index contributed by atoms with van der Waals surface area (Å²) in [5.74, 6) is 0.130. The Morgan fingerprint density at radius 3 is 2.89 bits per heavy atom. The van der Waals surface area contributed by atoms with Crippen molar-refractivity contribution < 1.29 is 14.6 Å². The highest BCUT2D eigenvalue weighted by Gasteiger charge is 2.65. The Kier molecular flexibility index (Phi) is 0.750. The highest BCUT2D eigenvalue weighted by Crippen LogP contribution is 2.57. The van der Waals surface area contributed by atoms with Crippen molar-refractivity contribution in [2.75, 3.05) is 13.2 Å². The van der Waals surface area contributed by atoms with Gasteiger partial charge < -0.3 is 9.84 Å². The monoisotopic (exact) mass is 128 g/mol. The average Bonchev–Trinajstić information content (AvgIpc) is 2.52. The molecule has 1 aliphatic heterocycles. The summed E-state index contributed by atoms with van der Waals surface area (Å²) in [7, 11) is 0. The second-order valence-electron chi connectivity index (χ2n) is 2.81. The molecule has 0 unspecified atom stereocenters. The van der Waals surface area contributed by atoms with Gasteiger partial charge in [-0.15, -0.1) is 0 Å². The van der Waals surface area contributed by atoms with Gasteiger partial charge in [-0.2, -0.15) is 0 Å². The Labute approximate surface area is 52.6 Å². The van der Waals surface area contributed by atoms with Crippen molar-refractivity contribution in [2.24, 2.45) is 11.3 Å². The highest BCUT2D eigenvalue weighted by atomic mass is 16.5. The van der Waals surface area contributed by atoms with Crippen LogP contribution in [0.25, 0.3) is 0 Å². The average molecular weight is 128 g/mol. The Hall–Kier alpha value is -0.570. The molecule has 0 aromatic carbocycles. The number of carbonyl (C=O) groups is 1. The zero-order valence-corrected chi connectivity index (χ0v) is 4.96. The Morgan fingerprint density at radius 1 is 1.89 bits per heavy atom. The van der Waals surface area contributed by atoms with Crippen LogP contribution in [0.2, 0.25) is 0 Å². The number of ether oxygens (including phenoxy) is 1. The van der Waals surface area contributed by atoms with Gasteiger partial charge in [0.15, 0.2) is 0 Å². The summed E-state index contributed by atoms with van der Waals surface area (Å²) in [4.78, 5) is 10.8. The van der Waals surface area contributed by atoms with Crippen molar-refractivity contribution in [1.82, 2.24) is 0 Å². The first-order valence-corrected chi connectivity index (χ1v) is 3.08. The minimum Gasteiger partial charge on any atom is -0.465 e. The van der Waals surface area contributed by atoms with Gasteiger partial charge in [0.05, 0.1) is 18.6 Å². The molecule has 2 aliphatic rings. The van der Waals surface area contributed by atoms with Gasteiger partial charge in [-0.1, -0.05) is 0 Å². The molecule has 1 saturated carbocycles. The predicted octanol–water partition coefficient (Wildman–Crippen LogP) is -0.458. The molecule has 0 bridgehead atoms. The van der Waals surface area contributed by atoms with Gasteiger partial charge in [0.25, 0.3) is 0 Å². The van der Waals surface area contributed by atoms with Gasteiger partial charge in [0.2, 0.25) is 0 Å². The molecule has 0 radical (unpaired) electrons. The summed E-state index contributed by atoms with van der Waals surface area (Å²) in [5, 5.41) is 8.74. The quantitative estimate of drug-likeness (QED) is 0.486. The van der Waals surface area contributed by atoms with Gasteiger partial charge >= 0.3 is 5.97 Å². The number of fused-ring (bicyclic) bond motifs is 1. The topological polar surface area (TPSA) is 46.5 Å². The molecule has 1 saturated heterocycles. The molecule has 2 atom stereocenters. The molecule has 0 spiro atoms. The van der Waals surface area contributed by atoms with Crippen LogP contribution in [0.5, 0.6) is 0 Å². The molecule has 2 fully saturated rings. The lowest BCUT2D eigenvalue weighted by Gasteiger charge is -2.01. The molecular formula is C6H8O3. The van der Waals surface area contributed by atoms with E-state index in [1.165, 1.54) is 0 Å². The van der Waals surface area contributed by atoms with E-state index < -0.39 is 5.41 Å². The normalized spacial score (nSPS) is 46.3. The largest absolute Gasteiger partial charge is 0.465 e. The summed E-state index contributed by atoms with van der Waals surface area (Å²) in [5.41, 5.74) is -0.444. The standard InChI is InChI=1S/C6H8O3/c7-3-6-1-4(6)2-9-5(6)8/h4,7H,1-3H2/t4-,6-/m0/s1. The fourth-order valence-corrected chi connectivity index (χ4v) is 1.43. The minimum absolute atomic E-state index is 0.0312. The molecule has 50 valence electrons. The van der Waals surface area contributed by atoms with E-state index in [9.17, 15) is 4.79 Å². The van der Waals surface area contributed by atoms with Crippen molar-refractivity contribution in [1.29, 1.82) is 0 Å². The lowest BCUT2D eigenvalue weighted by molar-refractivity contribution is -0.146. The van der Waals surface area contributed by atoms with Crippen LogP contribution in [-0.4, -0.2) is 24.3 Å². The molecule has 0 aromatic rings. The first-order chi connectivity index (χ1) is 4.29. The molecule has 3 nitrogen and oxygen atoms in total. The molecule has 1 N–H and O–H groups in total. The van der Waals surface area contributed by atoms with E-state index in [0.29, 0.717) is 12.5 Å². The zero-order chi connectivity index (χ0) is 6.48. The SMILES string of the molecule is O=C1OC[C@@H]2C[C@@]12CO. The highest BCUT2D eigenvalue weighted by molar-refractivity contribution is 5.83. The summed E-state index contributed by atoms with van der Waals surface area (Å²) in [6, 6.07) is 0. The van der Waals surface area contributed by atoms with Gasteiger partial charge in [0, 0.05) is 5.92 Å². The third-order valence-electron chi connectivity index (χ3n) is 2.34. The van der Waals surface area contributed by atoms with Crippen LogP contribution < -0.4 is 0 Å². The van der Waals surface area contributed by atoms with Crippen LogP contribution in [0.15, 0.2) is 0 Å². The number of aliphatic hydroxyl groups excluding tert-OH is 1. The van der Waals surface area contributed by atoms with Gasteiger partial charge in [-0.25, -0.2) is 0 Å². The Bertz CT molecular complexity index is 162. The van der Waals surface area contributed by atoms with Crippen LogP contribution in [-0.2, 0) is 9.53 Å². The second-order valence-corrected chi connectivity index (χ2v) is 2.81. The number of esters is 1. The van der Waals surface area contributed by atoms with Crippen LogP contribution in [0.4, 0.5) is 0 Å². The smallest absolute Gasteiger partial charge is 0.314 e. The maximum absolute atomic E-state index is 10.8. The number of carbonyl (C=O) groups excluding carboxylic acids is 1. The summed E-state index contributed by atoms with van der Waals surface area (Å²) in [6.45, 7) is 0.496. The van der Waals surface area contributed by atoms with Crippen LogP contribution in [0, 0.1) is 11.3 Å². The zero-order valence-electron chi connectivity index (χ0n) is 4.96. The lowest BCUT2D eigenvalue weighted by Crippen LogP contribution is -2.17. The van der Waals surface area contributed by atoms with E-state index in [-0.39, 0.29) is 12.6 Å². The van der Waals surface area contributed by atoms with E-state index >= 15 is 0 Å². The van der Waals surface area contributed by atoms with Crippen molar-refractivity contribution in [2.45, 2.75) is 6.42 Å². The molecule has 0 aromatic heterocycles. The van der Waals surface area contributed by atoms with Crippen molar-refractivity contribution in [3.8, 4) is 0 Å². The molecule has 3 heteroatoms. The number of hydrogen-bond acceptors (Lipinski definition) is 3. The molecule has 1 aliphatic carbocycles. The van der Waals surface area contributed by atoms with Crippen molar-refractivity contribution in [3.05, 3.63) is 0 Å². The van der Waals surface area contributed by atoms with Crippen molar-refractivity contribution in [3.63, 3.8) is 0 Å². The minimum atomic E-state index is -0.444. The Morgan fingerprint density at radius 2 is 2.67 bits per heavy atom. The first-order valence-electron chi connectivity index (χ1n) is 3.08. The Balaban J connectivity index is 2.23. The summed E-state index contributed by atoms with van der Waals surface area (Å²) >= 11 is 0.